The molecule has 0 radical (unpaired) electrons. The molecule has 5 rings (SSSR count). The first-order chi connectivity index (χ1) is 17.0. The normalized spacial score (nSPS) is 10.8. The summed E-state index contributed by atoms with van der Waals surface area (Å²) in [5.74, 6) is 0.0999. The molecule has 0 amide bonds. The second kappa shape index (κ2) is 8.98. The third-order valence-corrected chi connectivity index (χ3v) is 5.11. The van der Waals surface area contributed by atoms with E-state index in [1.807, 2.05) is 0 Å². The number of pyridine rings is 1. The number of benzene rings is 2. The van der Waals surface area contributed by atoms with Crippen LogP contribution in [0, 0.1) is 15.9 Å². The van der Waals surface area contributed by atoms with Gasteiger partial charge in [0, 0.05) is 18.5 Å². The summed E-state index contributed by atoms with van der Waals surface area (Å²) < 4.78 is 21.8. The van der Waals surface area contributed by atoms with Gasteiger partial charge in [0.25, 0.3) is 5.69 Å². The van der Waals surface area contributed by atoms with Crippen LogP contribution in [0.1, 0.15) is 0 Å². The van der Waals surface area contributed by atoms with E-state index in [0.717, 1.165) is 22.0 Å². The van der Waals surface area contributed by atoms with Gasteiger partial charge in [-0.2, -0.15) is 9.78 Å². The van der Waals surface area contributed by atoms with E-state index in [9.17, 15) is 19.3 Å². The lowest BCUT2D eigenvalue weighted by Gasteiger charge is -2.13. The van der Waals surface area contributed by atoms with E-state index in [2.05, 4.69) is 15.1 Å². The molecule has 11 heteroatoms. The predicted octanol–water partition coefficient (Wildman–Crippen LogP) is 4.32. The number of imidazole rings is 1. The van der Waals surface area contributed by atoms with Crippen molar-refractivity contribution in [2.24, 2.45) is 0 Å². The predicted molar refractivity (Wildman–Crippen MR) is 123 cm³/mol. The van der Waals surface area contributed by atoms with Crippen molar-refractivity contribution in [3.8, 4) is 34.1 Å². The molecular formula is C24H15FN6O4. The minimum atomic E-state index is -0.625. The average molecular weight is 470 g/mol. The number of ether oxygens (including phenoxy) is 1. The third kappa shape index (κ3) is 4.37. The fourth-order valence-corrected chi connectivity index (χ4v) is 3.36. The zero-order valence-corrected chi connectivity index (χ0v) is 17.9. The lowest BCUT2D eigenvalue weighted by Crippen LogP contribution is -2.24. The lowest BCUT2D eigenvalue weighted by atomic mass is 10.1. The van der Waals surface area contributed by atoms with Crippen molar-refractivity contribution in [1.82, 2.24) is 24.3 Å². The highest BCUT2D eigenvalue weighted by molar-refractivity contribution is 5.64. The first kappa shape index (κ1) is 21.6. The van der Waals surface area contributed by atoms with E-state index in [0.29, 0.717) is 11.4 Å². The molecule has 0 aliphatic rings. The van der Waals surface area contributed by atoms with Crippen LogP contribution >= 0.6 is 0 Å². The van der Waals surface area contributed by atoms with Gasteiger partial charge in [0.05, 0.1) is 17.4 Å². The molecule has 0 bridgehead atoms. The Balaban J connectivity index is 1.53. The van der Waals surface area contributed by atoms with Crippen LogP contribution in [-0.4, -0.2) is 29.2 Å². The van der Waals surface area contributed by atoms with E-state index < -0.39 is 10.5 Å². The summed E-state index contributed by atoms with van der Waals surface area (Å²) >= 11 is 0. The molecule has 0 aliphatic carbocycles. The molecule has 0 atom stereocenters. The molecule has 2 aromatic carbocycles. The van der Waals surface area contributed by atoms with Crippen LogP contribution in [0.4, 0.5) is 10.1 Å². The number of hydrogen-bond acceptors (Lipinski definition) is 7. The summed E-state index contributed by atoms with van der Waals surface area (Å²) in [4.78, 5) is 31.7. The van der Waals surface area contributed by atoms with Gasteiger partial charge < -0.3 is 9.30 Å². The molecule has 0 unspecified atom stereocenters. The lowest BCUT2D eigenvalue weighted by molar-refractivity contribution is -0.385. The molecular weight excluding hydrogens is 455 g/mol. The van der Waals surface area contributed by atoms with Crippen molar-refractivity contribution < 1.29 is 14.1 Å². The minimum absolute atomic E-state index is 0.0484. The van der Waals surface area contributed by atoms with Gasteiger partial charge in [-0.05, 0) is 41.5 Å². The summed E-state index contributed by atoms with van der Waals surface area (Å²) in [6.45, 7) is 0. The summed E-state index contributed by atoms with van der Waals surface area (Å²) in [6, 6.07) is 15.6. The Morgan fingerprint density at radius 3 is 2.26 bits per heavy atom. The Labute approximate surface area is 196 Å². The van der Waals surface area contributed by atoms with E-state index in [1.165, 1.54) is 36.8 Å². The second-order valence-corrected chi connectivity index (χ2v) is 7.31. The molecule has 172 valence electrons. The Hall–Kier alpha value is -5.19. The van der Waals surface area contributed by atoms with Crippen molar-refractivity contribution in [2.75, 3.05) is 0 Å². The fraction of sp³-hybridized carbons (Fsp3) is 0. The number of halogens is 1. The van der Waals surface area contributed by atoms with Crippen LogP contribution in [0.3, 0.4) is 0 Å². The van der Waals surface area contributed by atoms with E-state index in [-0.39, 0.29) is 23.1 Å². The monoisotopic (exact) mass is 470 g/mol. The average Bonchev–Trinajstić information content (AvgIpc) is 3.41. The molecule has 0 aliphatic heterocycles. The molecule has 3 heterocycles. The zero-order chi connectivity index (χ0) is 24.4. The summed E-state index contributed by atoms with van der Waals surface area (Å²) in [7, 11) is 0. The van der Waals surface area contributed by atoms with E-state index in [4.69, 9.17) is 4.74 Å². The van der Waals surface area contributed by atoms with E-state index >= 15 is 0 Å². The molecule has 0 saturated heterocycles. The van der Waals surface area contributed by atoms with E-state index in [1.54, 1.807) is 53.4 Å². The van der Waals surface area contributed by atoms with Gasteiger partial charge in [0.1, 0.15) is 23.5 Å². The number of nitrogens with zero attached hydrogens (tertiary/aromatic N) is 6. The molecule has 35 heavy (non-hydrogen) atoms. The number of aromatic nitrogens is 5. The second-order valence-electron chi connectivity index (χ2n) is 7.31. The van der Waals surface area contributed by atoms with Gasteiger partial charge in [-0.3, -0.25) is 14.9 Å². The SMILES string of the molecule is O=c1c(Oc2ccc(-c3ccc(F)cc3)cc2)c(-n2ccnc2)cnn1-c1ccc([N+](=O)[O-])cn1. The highest BCUT2D eigenvalue weighted by atomic mass is 19.1. The van der Waals surface area contributed by atoms with Crippen LogP contribution in [0.25, 0.3) is 22.6 Å². The maximum atomic E-state index is 13.4. The Morgan fingerprint density at radius 1 is 0.943 bits per heavy atom. The number of rotatable bonds is 6. The molecule has 5 aromatic rings. The van der Waals surface area contributed by atoms with Gasteiger partial charge in [-0.1, -0.05) is 24.3 Å². The van der Waals surface area contributed by atoms with Gasteiger partial charge >= 0.3 is 5.56 Å². The number of nitro groups is 1. The van der Waals surface area contributed by atoms with Gasteiger partial charge in [-0.15, -0.1) is 0 Å². The van der Waals surface area contributed by atoms with Gasteiger partial charge in [-0.25, -0.2) is 14.4 Å². The van der Waals surface area contributed by atoms with Crippen molar-refractivity contribution in [3.63, 3.8) is 0 Å². The van der Waals surface area contributed by atoms with Gasteiger partial charge in [0.15, 0.2) is 5.82 Å². The highest BCUT2D eigenvalue weighted by Gasteiger charge is 2.18. The van der Waals surface area contributed by atoms with Crippen LogP contribution in [0.5, 0.6) is 11.5 Å². The quantitative estimate of drug-likeness (QED) is 0.268. The molecule has 0 fully saturated rings. The molecule has 0 N–H and O–H groups in total. The Kier molecular flexibility index (Phi) is 5.55. The summed E-state index contributed by atoms with van der Waals surface area (Å²) in [5, 5.41) is 15.1. The molecule has 0 spiro atoms. The topological polar surface area (TPSA) is 118 Å². The molecule has 10 nitrogen and oxygen atoms in total. The number of hydrogen-bond donors (Lipinski definition) is 0. The standard InChI is InChI=1S/C24H15FN6O4/c25-18-5-1-16(2-6-18)17-3-8-20(9-4-17)35-23-21(29-12-11-26-15-29)14-28-30(24(23)32)22-10-7-19(13-27-22)31(33)34/h1-15H. The first-order valence-corrected chi connectivity index (χ1v) is 10.2. The molecule has 3 aromatic heterocycles. The fourth-order valence-electron chi connectivity index (χ4n) is 3.36. The van der Waals surface area contributed by atoms with Crippen LogP contribution in [0.15, 0.2) is 96.6 Å². The van der Waals surface area contributed by atoms with Crippen molar-refractivity contribution in [2.45, 2.75) is 0 Å². The van der Waals surface area contributed by atoms with Crippen LogP contribution in [0.2, 0.25) is 0 Å². The minimum Gasteiger partial charge on any atom is -0.449 e. The van der Waals surface area contributed by atoms with Crippen molar-refractivity contribution in [1.29, 1.82) is 0 Å². The maximum Gasteiger partial charge on any atom is 0.318 e. The van der Waals surface area contributed by atoms with Crippen molar-refractivity contribution in [3.05, 3.63) is 118 Å². The third-order valence-electron chi connectivity index (χ3n) is 5.11. The Morgan fingerprint density at radius 2 is 1.66 bits per heavy atom. The van der Waals surface area contributed by atoms with Crippen molar-refractivity contribution >= 4 is 5.69 Å². The van der Waals surface area contributed by atoms with Crippen LogP contribution < -0.4 is 10.3 Å². The Bertz CT molecular complexity index is 1550. The summed E-state index contributed by atoms with van der Waals surface area (Å²) in [6.07, 6.45) is 7.13. The zero-order valence-electron chi connectivity index (χ0n) is 17.9. The highest BCUT2D eigenvalue weighted by Crippen LogP contribution is 2.28. The summed E-state index contributed by atoms with van der Waals surface area (Å²) in [5.41, 5.74) is 1.17. The van der Waals surface area contributed by atoms with Crippen LogP contribution in [-0.2, 0) is 0 Å². The maximum absolute atomic E-state index is 13.4. The van der Waals surface area contributed by atoms with Gasteiger partial charge in [0.2, 0.25) is 5.75 Å². The molecule has 0 saturated carbocycles. The smallest absolute Gasteiger partial charge is 0.318 e. The first-order valence-electron chi connectivity index (χ1n) is 10.2. The largest absolute Gasteiger partial charge is 0.449 e.